The van der Waals surface area contributed by atoms with E-state index in [4.69, 9.17) is 24.3 Å². The van der Waals surface area contributed by atoms with Crippen molar-refractivity contribution in [3.8, 4) is 0 Å². The van der Waals surface area contributed by atoms with Gasteiger partial charge in [0.15, 0.2) is 6.10 Å². The van der Waals surface area contributed by atoms with Gasteiger partial charge in [-0.2, -0.15) is 0 Å². The summed E-state index contributed by atoms with van der Waals surface area (Å²) in [5, 5.41) is 0. The average Bonchev–Trinajstić information content (AvgIpc) is 3.08. The smallest absolute Gasteiger partial charge is 0.462 e. The molecule has 0 bridgehead atoms. The summed E-state index contributed by atoms with van der Waals surface area (Å²) in [5.74, 6) is -0.938. The van der Waals surface area contributed by atoms with Crippen LogP contribution in [0.3, 0.4) is 0 Å². The van der Waals surface area contributed by atoms with E-state index in [2.05, 4.69) is 74.6 Å². The third-order valence-corrected chi connectivity index (χ3v) is 8.10. The molecule has 0 heterocycles. The van der Waals surface area contributed by atoms with Gasteiger partial charge in [0.2, 0.25) is 0 Å². The third-order valence-electron chi connectivity index (χ3n) is 7.12. The van der Waals surface area contributed by atoms with Crippen LogP contribution in [0.2, 0.25) is 0 Å². The largest absolute Gasteiger partial charge is 0.472 e. The van der Waals surface area contributed by atoms with Crippen molar-refractivity contribution in [2.45, 2.75) is 136 Å². The van der Waals surface area contributed by atoms with E-state index in [1.165, 1.54) is 38.5 Å². The number of carbonyl (C=O) groups is 2. The lowest BCUT2D eigenvalue weighted by molar-refractivity contribution is -0.161. The van der Waals surface area contributed by atoms with Gasteiger partial charge in [0.25, 0.3) is 0 Å². The highest BCUT2D eigenvalue weighted by Gasteiger charge is 2.25. The first-order valence-corrected chi connectivity index (χ1v) is 19.9. The number of phosphoric acid groups is 1. The maximum Gasteiger partial charge on any atom is 0.472 e. The van der Waals surface area contributed by atoms with Crippen molar-refractivity contribution in [2.75, 3.05) is 26.4 Å². The van der Waals surface area contributed by atoms with Crippen LogP contribution in [0.15, 0.2) is 72.9 Å². The first kappa shape index (κ1) is 46.5. The Bertz CT molecular complexity index is 1030. The Labute approximate surface area is 297 Å². The number of allylic oxidation sites excluding steroid dienone is 12. The van der Waals surface area contributed by atoms with Crippen molar-refractivity contribution in [3.63, 3.8) is 0 Å². The second-order valence-electron chi connectivity index (χ2n) is 11.7. The van der Waals surface area contributed by atoms with Gasteiger partial charge in [-0.15, -0.1) is 0 Å². The summed E-state index contributed by atoms with van der Waals surface area (Å²) in [6.07, 6.45) is 41.0. The van der Waals surface area contributed by atoms with Gasteiger partial charge in [0.1, 0.15) is 6.61 Å². The highest BCUT2D eigenvalue weighted by molar-refractivity contribution is 7.47. The first-order valence-electron chi connectivity index (χ1n) is 18.4. The fourth-order valence-electron chi connectivity index (χ4n) is 4.42. The van der Waals surface area contributed by atoms with E-state index in [9.17, 15) is 19.0 Å². The number of rotatable bonds is 33. The van der Waals surface area contributed by atoms with Crippen LogP contribution in [0.4, 0.5) is 0 Å². The molecule has 0 spiro atoms. The standard InChI is InChI=1S/C39H66NO8P/c1-3-5-7-9-11-13-14-15-16-17-18-19-20-21-22-24-26-28-30-32-39(42)48-37(36-47-49(43,44)46-34-33-40)35-45-38(41)31-29-27-25-23-12-10-8-6-4-2/h5,7,11,13,15-16,18-19,21-22,26,28,37H,3-4,6,8-10,12,14,17,20,23-25,27,29-36,40H2,1-2H3,(H,43,44)/b7-5-,13-11-,16-15-,19-18-,22-21-,28-26-/t37-/m1/s1. The summed E-state index contributed by atoms with van der Waals surface area (Å²) >= 11 is 0. The predicted octanol–water partition coefficient (Wildman–Crippen LogP) is 9.93. The SMILES string of the molecule is CC/C=C\C/C=C\C/C=C\C/C=C\C/C=C\C/C=C\CCC(=O)O[C@H](COC(=O)CCCCCCCCCCC)COP(=O)(O)OCCN. The summed E-state index contributed by atoms with van der Waals surface area (Å²) in [7, 11) is -4.39. The van der Waals surface area contributed by atoms with Gasteiger partial charge in [0, 0.05) is 19.4 Å². The van der Waals surface area contributed by atoms with Crippen LogP contribution in [0, 0.1) is 0 Å². The molecule has 0 aliphatic heterocycles. The molecule has 0 rings (SSSR count). The quantitative estimate of drug-likeness (QED) is 0.0296. The Kier molecular flexibility index (Phi) is 33.4. The van der Waals surface area contributed by atoms with E-state index >= 15 is 0 Å². The van der Waals surface area contributed by atoms with Crippen molar-refractivity contribution in [1.82, 2.24) is 0 Å². The number of ether oxygens (including phenoxy) is 2. The second kappa shape index (κ2) is 35.3. The van der Waals surface area contributed by atoms with Crippen LogP contribution in [-0.2, 0) is 32.7 Å². The minimum absolute atomic E-state index is 0.0391. The summed E-state index contributed by atoms with van der Waals surface area (Å²) in [5.41, 5.74) is 5.32. The van der Waals surface area contributed by atoms with E-state index in [1.54, 1.807) is 0 Å². The van der Waals surface area contributed by atoms with Crippen LogP contribution < -0.4 is 5.73 Å². The van der Waals surface area contributed by atoms with Crippen molar-refractivity contribution in [2.24, 2.45) is 5.73 Å². The monoisotopic (exact) mass is 707 g/mol. The van der Waals surface area contributed by atoms with E-state index in [0.29, 0.717) is 6.42 Å². The normalized spacial score (nSPS) is 14.3. The van der Waals surface area contributed by atoms with Crippen molar-refractivity contribution in [3.05, 3.63) is 72.9 Å². The molecule has 0 aliphatic carbocycles. The fraction of sp³-hybridized carbons (Fsp3) is 0.641. The molecule has 0 radical (unpaired) electrons. The predicted molar refractivity (Wildman–Crippen MR) is 201 cm³/mol. The van der Waals surface area contributed by atoms with Gasteiger partial charge in [-0.05, 0) is 51.4 Å². The third kappa shape index (κ3) is 35.1. The Balaban J connectivity index is 4.38. The van der Waals surface area contributed by atoms with Crippen LogP contribution in [0.1, 0.15) is 129 Å². The molecule has 0 fully saturated rings. The second-order valence-corrected chi connectivity index (χ2v) is 13.2. The zero-order valence-electron chi connectivity index (χ0n) is 30.4. The minimum atomic E-state index is -4.39. The molecule has 49 heavy (non-hydrogen) atoms. The minimum Gasteiger partial charge on any atom is -0.462 e. The van der Waals surface area contributed by atoms with Crippen molar-refractivity contribution < 1.29 is 37.6 Å². The molecule has 0 saturated heterocycles. The highest BCUT2D eigenvalue weighted by atomic mass is 31.2. The van der Waals surface area contributed by atoms with Crippen LogP contribution >= 0.6 is 7.82 Å². The molecule has 3 N–H and O–H groups in total. The molecule has 0 aromatic carbocycles. The number of hydrogen-bond donors (Lipinski definition) is 2. The number of carbonyl (C=O) groups excluding carboxylic acids is 2. The summed E-state index contributed by atoms with van der Waals surface area (Å²) in [6, 6.07) is 0. The molecule has 2 atom stereocenters. The van der Waals surface area contributed by atoms with Crippen molar-refractivity contribution >= 4 is 19.8 Å². The number of unbranched alkanes of at least 4 members (excludes halogenated alkanes) is 8. The molecule has 0 aromatic heterocycles. The molecule has 0 amide bonds. The van der Waals surface area contributed by atoms with Crippen LogP contribution in [0.5, 0.6) is 0 Å². The molecular weight excluding hydrogens is 641 g/mol. The Morgan fingerprint density at radius 2 is 1.12 bits per heavy atom. The number of nitrogens with two attached hydrogens (primary N) is 1. The van der Waals surface area contributed by atoms with E-state index in [0.717, 1.165) is 57.8 Å². The lowest BCUT2D eigenvalue weighted by atomic mass is 10.1. The maximum absolute atomic E-state index is 12.5. The number of phosphoric ester groups is 1. The summed E-state index contributed by atoms with van der Waals surface area (Å²) < 4.78 is 32.5. The van der Waals surface area contributed by atoms with Gasteiger partial charge in [-0.1, -0.05) is 138 Å². The zero-order chi connectivity index (χ0) is 36.1. The molecule has 1 unspecified atom stereocenters. The lowest BCUT2D eigenvalue weighted by Crippen LogP contribution is -2.29. The van der Waals surface area contributed by atoms with E-state index in [-0.39, 0.29) is 32.6 Å². The summed E-state index contributed by atoms with van der Waals surface area (Å²) in [6.45, 7) is 3.47. The van der Waals surface area contributed by atoms with Gasteiger partial charge in [-0.25, -0.2) is 4.57 Å². The number of hydrogen-bond acceptors (Lipinski definition) is 8. The van der Waals surface area contributed by atoms with Gasteiger partial charge < -0.3 is 20.1 Å². The maximum atomic E-state index is 12.5. The van der Waals surface area contributed by atoms with Gasteiger partial charge in [0.05, 0.1) is 13.2 Å². The van der Waals surface area contributed by atoms with E-state index in [1.807, 2.05) is 12.2 Å². The number of esters is 2. The first-order chi connectivity index (χ1) is 23.8. The molecule has 10 heteroatoms. The van der Waals surface area contributed by atoms with Gasteiger partial charge >= 0.3 is 19.8 Å². The molecule has 0 saturated carbocycles. The summed E-state index contributed by atoms with van der Waals surface area (Å²) in [4.78, 5) is 34.6. The topological polar surface area (TPSA) is 134 Å². The van der Waals surface area contributed by atoms with E-state index < -0.39 is 32.5 Å². The fourth-order valence-corrected chi connectivity index (χ4v) is 5.19. The molecular formula is C39H66NO8P. The van der Waals surface area contributed by atoms with Crippen LogP contribution in [-0.4, -0.2) is 49.3 Å². The molecule has 280 valence electrons. The Morgan fingerprint density at radius 1 is 0.633 bits per heavy atom. The average molecular weight is 708 g/mol. The highest BCUT2D eigenvalue weighted by Crippen LogP contribution is 2.43. The molecule has 9 nitrogen and oxygen atoms in total. The Hall–Kier alpha value is -2.55. The Morgan fingerprint density at radius 3 is 1.63 bits per heavy atom. The lowest BCUT2D eigenvalue weighted by Gasteiger charge is -2.19. The van der Waals surface area contributed by atoms with Crippen molar-refractivity contribution in [1.29, 1.82) is 0 Å². The van der Waals surface area contributed by atoms with Gasteiger partial charge in [-0.3, -0.25) is 18.6 Å². The molecule has 0 aromatic rings. The zero-order valence-corrected chi connectivity index (χ0v) is 31.3. The molecule has 0 aliphatic rings. The van der Waals surface area contributed by atoms with Crippen LogP contribution in [0.25, 0.3) is 0 Å².